The second-order valence-corrected chi connectivity index (χ2v) is 28.3. The molecule has 0 amide bonds. The molecule has 20 heteroatoms. The number of allylic oxidation sites excluding steroid dienone is 4. The Kier molecular flexibility index (Phi) is 19.0. The van der Waals surface area contributed by atoms with E-state index in [2.05, 4.69) is 0 Å². The van der Waals surface area contributed by atoms with Crippen LogP contribution in [-0.2, 0) is 0 Å². The first kappa shape index (κ1) is 62.7. The molecule has 10 aromatic carbocycles. The van der Waals surface area contributed by atoms with Crippen molar-refractivity contribution in [3.05, 3.63) is 332 Å². The molecule has 0 atom stereocenters. The SMILES string of the molecule is O=C(/C=C/c1ccc(Cl)cc1)c1ccc(OP2(Oc3ccc(C(=O)/C=C/c4ccc(Cl)cc4)cc3)=NP(Oc3ccc(C(=O)/C=C/c4ccc(Cl)cc4)cc3)(Oc3ccc(C(=O)/C=C/c4ccc(Cl)cc4)cc3)=NP3(=N2)Oc2ccccc2-c2ccccc2O3)cc1. The maximum atomic E-state index is 13.7. The quantitative estimate of drug-likeness (QED) is 0.0408. The predicted molar refractivity (Wildman–Crippen MR) is 369 cm³/mol. The van der Waals surface area contributed by atoms with Gasteiger partial charge in [0.05, 0.1) is 0 Å². The van der Waals surface area contributed by atoms with Crippen LogP contribution in [0, 0.1) is 0 Å². The summed E-state index contributed by atoms with van der Waals surface area (Å²) in [6.45, 7) is 0. The van der Waals surface area contributed by atoms with Gasteiger partial charge in [0.15, 0.2) is 23.1 Å². The number of ketones is 4. The minimum atomic E-state index is -4.54. The van der Waals surface area contributed by atoms with E-state index in [1.165, 1.54) is 24.3 Å². The van der Waals surface area contributed by atoms with Crippen LogP contribution in [0.4, 0.5) is 0 Å². The molecule has 0 fully saturated rings. The topological polar surface area (TPSA) is 161 Å². The Balaban J connectivity index is 1.02. The highest BCUT2D eigenvalue weighted by Gasteiger charge is 2.50. The predicted octanol–water partition coefficient (Wildman–Crippen LogP) is 22.5. The summed E-state index contributed by atoms with van der Waals surface area (Å²) in [6.07, 6.45) is 12.5. The lowest BCUT2D eigenvalue weighted by Gasteiger charge is -2.32. The summed E-state index contributed by atoms with van der Waals surface area (Å²) >= 11 is 24.5. The summed E-state index contributed by atoms with van der Waals surface area (Å²) < 4.78 is 58.6. The van der Waals surface area contributed by atoms with Crippen LogP contribution in [0.25, 0.3) is 35.4 Å². The van der Waals surface area contributed by atoms with Crippen LogP contribution in [-0.4, -0.2) is 23.1 Å². The number of hydrogen-bond acceptors (Lipinski definition) is 13. The van der Waals surface area contributed by atoms with Crippen molar-refractivity contribution in [1.82, 2.24) is 0 Å². The van der Waals surface area contributed by atoms with Gasteiger partial charge in [0, 0.05) is 53.5 Å². The third kappa shape index (κ3) is 15.6. The van der Waals surface area contributed by atoms with E-state index >= 15 is 0 Å². The Morgan fingerprint density at radius 3 is 0.826 bits per heavy atom. The van der Waals surface area contributed by atoms with E-state index in [0.29, 0.717) is 65.0 Å². The zero-order valence-corrected chi connectivity index (χ0v) is 53.7. The Morgan fingerprint density at radius 1 is 0.304 bits per heavy atom. The molecule has 2 aliphatic heterocycles. The van der Waals surface area contributed by atoms with Crippen LogP contribution < -0.4 is 27.1 Å². The van der Waals surface area contributed by atoms with E-state index in [1.807, 2.05) is 24.3 Å². The monoisotopic (exact) mass is 1350 g/mol. The molecular formula is C72H48Cl4N3O10P3. The number of fused-ring (bicyclic) bond motifs is 3. The van der Waals surface area contributed by atoms with E-state index in [0.717, 1.165) is 22.3 Å². The van der Waals surface area contributed by atoms with Crippen molar-refractivity contribution in [2.24, 2.45) is 13.5 Å². The van der Waals surface area contributed by atoms with Crippen molar-refractivity contribution in [3.63, 3.8) is 0 Å². The van der Waals surface area contributed by atoms with E-state index < -0.39 is 23.0 Å². The van der Waals surface area contributed by atoms with Gasteiger partial charge in [-0.05, 0) is 204 Å². The summed E-state index contributed by atoms with van der Waals surface area (Å²) in [6, 6.07) is 68.0. The lowest BCUT2D eigenvalue weighted by Crippen LogP contribution is -2.11. The Morgan fingerprint density at radius 2 is 0.554 bits per heavy atom. The molecule has 0 radical (unpaired) electrons. The second-order valence-electron chi connectivity index (χ2n) is 20.4. The molecule has 0 N–H and O–H groups in total. The van der Waals surface area contributed by atoms with E-state index in [1.54, 1.807) is 243 Å². The van der Waals surface area contributed by atoms with Crippen molar-refractivity contribution in [2.45, 2.75) is 0 Å². The number of halogens is 4. The fourth-order valence-electron chi connectivity index (χ4n) is 9.19. The standard InChI is InChI=1S/C72H48Cl4N3O10P3/c73-57-29-9-49(10-30-57)17-45-67(80)53-21-37-61(38-22-53)84-90(85-62-39-23-54(24-40-62)68(81)46-18-50-11-31-58(74)32-12-50)77-91(86-63-41-25-55(26-42-63)69(82)47-19-51-13-33-59(75)34-14-51,87-64-43-27-56(28-44-64)70(83)48-20-52-15-35-60(76)36-16-52)79-92(78-90)88-71-7-3-1-5-65(71)66-6-2-4-8-72(66)89-92/h1-48H/b45-17+,46-18+,47-19+,48-20+. The molecule has 13 nitrogen and oxygen atoms in total. The highest BCUT2D eigenvalue weighted by Crippen LogP contribution is 2.79. The molecule has 0 aromatic heterocycles. The van der Waals surface area contributed by atoms with Gasteiger partial charge >= 0.3 is 23.0 Å². The van der Waals surface area contributed by atoms with Gasteiger partial charge < -0.3 is 27.1 Å². The van der Waals surface area contributed by atoms with Gasteiger partial charge in [-0.1, -0.05) is 169 Å². The second kappa shape index (κ2) is 27.9. The summed E-state index contributed by atoms with van der Waals surface area (Å²) in [5, 5.41) is 2.24. The molecule has 12 rings (SSSR count). The minimum Gasteiger partial charge on any atom is -0.413 e. The Labute approximate surface area is 550 Å². The summed E-state index contributed by atoms with van der Waals surface area (Å²) in [5.41, 5.74) is 5.65. The fourth-order valence-corrected chi connectivity index (χ4v) is 18.8. The maximum Gasteiger partial charge on any atom is 0.460 e. The number of para-hydroxylation sites is 2. The van der Waals surface area contributed by atoms with Crippen molar-refractivity contribution >= 4 is 117 Å². The maximum absolute atomic E-state index is 13.7. The first-order chi connectivity index (χ1) is 44.6. The van der Waals surface area contributed by atoms with Crippen LogP contribution in [0.1, 0.15) is 63.7 Å². The number of rotatable bonds is 20. The average Bonchev–Trinajstić information content (AvgIpc) is 1.38. The van der Waals surface area contributed by atoms with Crippen LogP contribution in [0.15, 0.2) is 281 Å². The van der Waals surface area contributed by atoms with E-state index in [-0.39, 0.29) is 46.1 Å². The van der Waals surface area contributed by atoms with Gasteiger partial charge in [-0.3, -0.25) is 19.2 Å². The molecule has 0 saturated heterocycles. The summed E-state index contributed by atoms with van der Waals surface area (Å²) in [7, 11) is -13.5. The van der Waals surface area contributed by atoms with E-state index in [9.17, 15) is 19.2 Å². The number of carbonyl (C=O) groups is 4. The van der Waals surface area contributed by atoms with Gasteiger partial charge in [0.25, 0.3) is 0 Å². The Bertz CT molecular complexity index is 4240. The third-order valence-corrected chi connectivity index (χ3v) is 22.9. The van der Waals surface area contributed by atoms with Gasteiger partial charge in [-0.25, -0.2) is 0 Å². The van der Waals surface area contributed by atoms with Crippen LogP contribution in [0.2, 0.25) is 20.1 Å². The normalized spacial score (nSPS) is 14.1. The van der Waals surface area contributed by atoms with Crippen molar-refractivity contribution in [1.29, 1.82) is 0 Å². The van der Waals surface area contributed by atoms with E-state index in [4.69, 9.17) is 87.1 Å². The highest BCUT2D eigenvalue weighted by atomic mass is 35.5. The molecule has 92 heavy (non-hydrogen) atoms. The number of hydrogen-bond donors (Lipinski definition) is 0. The van der Waals surface area contributed by atoms with Crippen molar-refractivity contribution in [3.8, 4) is 45.6 Å². The molecule has 0 aliphatic carbocycles. The smallest absolute Gasteiger partial charge is 0.413 e. The number of carbonyl (C=O) groups excluding carboxylic acids is 4. The van der Waals surface area contributed by atoms with Crippen LogP contribution in [0.3, 0.4) is 0 Å². The molecule has 2 heterocycles. The average molecular weight is 1350 g/mol. The summed E-state index contributed by atoms with van der Waals surface area (Å²) in [5.74, 6) is -0.0693. The van der Waals surface area contributed by atoms with Crippen molar-refractivity contribution < 1.29 is 46.3 Å². The molecule has 1 spiro atoms. The van der Waals surface area contributed by atoms with Gasteiger partial charge in [-0.2, -0.15) is 0 Å². The van der Waals surface area contributed by atoms with Gasteiger partial charge in [0.2, 0.25) is 0 Å². The first-order valence-corrected chi connectivity index (χ1v) is 34.3. The molecule has 2 aliphatic rings. The minimum absolute atomic E-state index is 0.126. The van der Waals surface area contributed by atoms with Gasteiger partial charge in [-0.15, -0.1) is 0 Å². The molecule has 0 unspecified atom stereocenters. The molecular weight excluding hydrogens is 1300 g/mol. The lowest BCUT2D eigenvalue weighted by atomic mass is 10.0. The molecule has 10 aromatic rings. The Hall–Kier alpha value is -9.51. The number of benzene rings is 10. The molecule has 0 saturated carbocycles. The zero-order valence-electron chi connectivity index (χ0n) is 48.0. The summed E-state index contributed by atoms with van der Waals surface area (Å²) in [4.78, 5) is 54.9. The van der Waals surface area contributed by atoms with Crippen LogP contribution >= 0.6 is 69.4 Å². The lowest BCUT2D eigenvalue weighted by molar-refractivity contribution is 0.103. The zero-order chi connectivity index (χ0) is 63.7. The fraction of sp³-hybridized carbons (Fsp3) is 0. The largest absolute Gasteiger partial charge is 0.460 e. The highest BCUT2D eigenvalue weighted by molar-refractivity contribution is 7.79. The molecule has 0 bridgehead atoms. The third-order valence-electron chi connectivity index (χ3n) is 13.8. The van der Waals surface area contributed by atoms with Crippen molar-refractivity contribution in [2.75, 3.05) is 0 Å². The first-order valence-electron chi connectivity index (χ1n) is 28.2. The molecule has 454 valence electrons. The van der Waals surface area contributed by atoms with Gasteiger partial charge in [0.1, 0.15) is 34.5 Å². The number of nitrogens with zero attached hydrogens (tertiary/aromatic N) is 3. The van der Waals surface area contributed by atoms with Crippen LogP contribution in [0.5, 0.6) is 34.5 Å².